The van der Waals surface area contributed by atoms with Gasteiger partial charge in [-0.25, -0.2) is 0 Å². The van der Waals surface area contributed by atoms with E-state index >= 15 is 0 Å². The predicted molar refractivity (Wildman–Crippen MR) is 140 cm³/mol. The van der Waals surface area contributed by atoms with Crippen molar-refractivity contribution in [2.45, 2.75) is 19.0 Å². The van der Waals surface area contributed by atoms with Crippen LogP contribution < -0.4 is 15.0 Å². The molecule has 8 heteroatoms. The number of halogens is 2. The van der Waals surface area contributed by atoms with Gasteiger partial charge in [0.2, 0.25) is 0 Å². The summed E-state index contributed by atoms with van der Waals surface area (Å²) in [7, 11) is 0. The quantitative estimate of drug-likeness (QED) is 0.276. The number of nitrogens with zero attached hydrogens (tertiary/aromatic N) is 2. The molecule has 0 radical (unpaired) electrons. The summed E-state index contributed by atoms with van der Waals surface area (Å²) in [5.41, 5.74) is 2.51. The molecule has 34 heavy (non-hydrogen) atoms. The van der Waals surface area contributed by atoms with Crippen LogP contribution in [0.15, 0.2) is 83.4 Å². The molecule has 0 unspecified atom stereocenters. The van der Waals surface area contributed by atoms with E-state index in [1.165, 1.54) is 0 Å². The molecule has 1 saturated heterocycles. The van der Waals surface area contributed by atoms with Crippen LogP contribution in [0.25, 0.3) is 11.3 Å². The van der Waals surface area contributed by atoms with Crippen LogP contribution in [0.5, 0.6) is 5.75 Å². The molecule has 0 aliphatic carbocycles. The van der Waals surface area contributed by atoms with Crippen molar-refractivity contribution in [2.24, 2.45) is 0 Å². The number of nitrogens with one attached hydrogen (secondary N) is 1. The summed E-state index contributed by atoms with van der Waals surface area (Å²) in [6, 6.07) is 22.5. The number of benzene rings is 2. The SMILES string of the molecule is CCOc1ccc(N2C(=S)N[C@H](c3ccccn3)[C@H]2c2ccc(-c3cccc(Cl)c3Cl)o2)cc1. The molecule has 4 aromatic rings. The molecule has 0 amide bonds. The maximum Gasteiger partial charge on any atom is 0.174 e. The number of furan rings is 1. The fourth-order valence-electron chi connectivity index (χ4n) is 4.14. The minimum atomic E-state index is -0.271. The van der Waals surface area contributed by atoms with Gasteiger partial charge in [-0.05, 0) is 79.8 Å². The Balaban J connectivity index is 1.58. The Bertz CT molecular complexity index is 1310. The number of pyridine rings is 1. The first-order chi connectivity index (χ1) is 16.6. The van der Waals surface area contributed by atoms with Crippen molar-refractivity contribution in [1.29, 1.82) is 0 Å². The van der Waals surface area contributed by atoms with Gasteiger partial charge >= 0.3 is 0 Å². The Morgan fingerprint density at radius 2 is 1.85 bits per heavy atom. The second-order valence-electron chi connectivity index (χ2n) is 7.73. The Morgan fingerprint density at radius 3 is 2.59 bits per heavy atom. The number of aromatic nitrogens is 1. The predicted octanol–water partition coefficient (Wildman–Crippen LogP) is 7.22. The van der Waals surface area contributed by atoms with Gasteiger partial charge in [0.25, 0.3) is 0 Å². The van der Waals surface area contributed by atoms with Gasteiger partial charge in [0.05, 0.1) is 28.4 Å². The highest BCUT2D eigenvalue weighted by atomic mass is 35.5. The lowest BCUT2D eigenvalue weighted by molar-refractivity contribution is 0.340. The highest BCUT2D eigenvalue weighted by molar-refractivity contribution is 7.80. The Morgan fingerprint density at radius 1 is 1.03 bits per heavy atom. The Labute approximate surface area is 213 Å². The monoisotopic (exact) mass is 509 g/mol. The average Bonchev–Trinajstić information content (AvgIpc) is 3.47. The molecule has 1 N–H and O–H groups in total. The topological polar surface area (TPSA) is 50.5 Å². The van der Waals surface area contributed by atoms with E-state index in [1.807, 2.05) is 78.6 Å². The number of anilines is 1. The van der Waals surface area contributed by atoms with E-state index in [-0.39, 0.29) is 12.1 Å². The zero-order chi connectivity index (χ0) is 23.7. The minimum absolute atomic E-state index is 0.214. The lowest BCUT2D eigenvalue weighted by Gasteiger charge is -2.26. The van der Waals surface area contributed by atoms with E-state index in [4.69, 9.17) is 44.6 Å². The number of ether oxygens (including phenoxy) is 1. The first-order valence-corrected chi connectivity index (χ1v) is 12.0. The van der Waals surface area contributed by atoms with Gasteiger partial charge in [0.1, 0.15) is 23.3 Å². The Hall–Kier alpha value is -3.06. The van der Waals surface area contributed by atoms with Crippen molar-refractivity contribution in [3.63, 3.8) is 0 Å². The standard InChI is InChI=1S/C26H21Cl2N3O2S/c1-2-32-17-11-9-16(10-12-17)31-25(24(30-26(31)34)20-8-3-4-15-29-20)22-14-13-21(33-22)18-6-5-7-19(27)23(18)28/h3-15,24-25H,2H2,1H3,(H,30,34)/t24-,25-/m1/s1. The van der Waals surface area contributed by atoms with Crippen LogP contribution >= 0.6 is 35.4 Å². The van der Waals surface area contributed by atoms with Crippen LogP contribution in [-0.4, -0.2) is 16.7 Å². The van der Waals surface area contributed by atoms with Crippen molar-refractivity contribution >= 4 is 46.2 Å². The van der Waals surface area contributed by atoms with Gasteiger partial charge in [-0.3, -0.25) is 4.98 Å². The highest BCUT2D eigenvalue weighted by Crippen LogP contribution is 2.44. The normalized spacial score (nSPS) is 17.6. The van der Waals surface area contributed by atoms with Crippen LogP contribution in [0.3, 0.4) is 0 Å². The second-order valence-corrected chi connectivity index (χ2v) is 8.90. The summed E-state index contributed by atoms with van der Waals surface area (Å²) >= 11 is 18.5. The molecule has 3 heterocycles. The van der Waals surface area contributed by atoms with E-state index in [9.17, 15) is 0 Å². The lowest BCUT2D eigenvalue weighted by Crippen LogP contribution is -2.29. The van der Waals surface area contributed by atoms with Crippen LogP contribution in [-0.2, 0) is 0 Å². The van der Waals surface area contributed by atoms with Gasteiger partial charge in [-0.2, -0.15) is 0 Å². The van der Waals surface area contributed by atoms with Crippen molar-refractivity contribution in [3.05, 3.63) is 100 Å². The molecule has 0 bridgehead atoms. The summed E-state index contributed by atoms with van der Waals surface area (Å²) in [5, 5.41) is 4.95. The van der Waals surface area contributed by atoms with Gasteiger partial charge in [0.15, 0.2) is 5.11 Å². The maximum atomic E-state index is 6.45. The van der Waals surface area contributed by atoms with E-state index in [2.05, 4.69) is 10.3 Å². The van der Waals surface area contributed by atoms with Crippen molar-refractivity contribution in [3.8, 4) is 17.1 Å². The molecule has 0 saturated carbocycles. The Kier molecular flexibility index (Phi) is 6.46. The number of hydrogen-bond acceptors (Lipinski definition) is 4. The first kappa shape index (κ1) is 22.7. The average molecular weight is 510 g/mol. The van der Waals surface area contributed by atoms with Crippen LogP contribution in [0.4, 0.5) is 5.69 Å². The molecule has 172 valence electrons. The van der Waals surface area contributed by atoms with Crippen LogP contribution in [0.2, 0.25) is 10.0 Å². The minimum Gasteiger partial charge on any atom is -0.494 e. The van der Waals surface area contributed by atoms with E-state index in [1.54, 1.807) is 12.3 Å². The summed E-state index contributed by atoms with van der Waals surface area (Å²) in [5.74, 6) is 2.16. The molecule has 5 nitrogen and oxygen atoms in total. The number of hydrogen-bond donors (Lipinski definition) is 1. The zero-order valence-electron chi connectivity index (χ0n) is 18.2. The third-order valence-corrected chi connectivity index (χ3v) is 6.79. The van der Waals surface area contributed by atoms with Gasteiger partial charge < -0.3 is 19.4 Å². The molecule has 5 rings (SSSR count). The third kappa shape index (κ3) is 4.25. The molecule has 1 fully saturated rings. The number of rotatable bonds is 6. The summed E-state index contributed by atoms with van der Waals surface area (Å²) in [6.07, 6.45) is 1.77. The van der Waals surface area contributed by atoms with E-state index in [0.717, 1.165) is 28.5 Å². The molecule has 2 atom stereocenters. The fraction of sp³-hybridized carbons (Fsp3) is 0.154. The first-order valence-electron chi connectivity index (χ1n) is 10.8. The van der Waals surface area contributed by atoms with Crippen LogP contribution in [0.1, 0.15) is 30.5 Å². The molecule has 1 aliphatic heterocycles. The number of thiocarbonyl (C=S) groups is 1. The third-order valence-electron chi connectivity index (χ3n) is 5.66. The highest BCUT2D eigenvalue weighted by Gasteiger charge is 2.42. The van der Waals surface area contributed by atoms with Gasteiger partial charge in [-0.15, -0.1) is 0 Å². The van der Waals surface area contributed by atoms with Crippen molar-refractivity contribution in [1.82, 2.24) is 10.3 Å². The van der Waals surface area contributed by atoms with Crippen molar-refractivity contribution in [2.75, 3.05) is 11.5 Å². The zero-order valence-corrected chi connectivity index (χ0v) is 20.6. The summed E-state index contributed by atoms with van der Waals surface area (Å²) in [6.45, 7) is 2.57. The molecular weight excluding hydrogens is 489 g/mol. The molecule has 0 spiro atoms. The largest absolute Gasteiger partial charge is 0.494 e. The second kappa shape index (κ2) is 9.66. The van der Waals surface area contributed by atoms with Gasteiger partial charge in [0, 0.05) is 17.4 Å². The fourth-order valence-corrected chi connectivity index (χ4v) is 4.88. The molecular formula is C26H21Cl2N3O2S. The summed E-state index contributed by atoms with van der Waals surface area (Å²) in [4.78, 5) is 6.63. The van der Waals surface area contributed by atoms with E-state index < -0.39 is 0 Å². The van der Waals surface area contributed by atoms with Gasteiger partial charge in [-0.1, -0.05) is 35.3 Å². The molecule has 2 aromatic heterocycles. The molecule has 1 aliphatic rings. The van der Waals surface area contributed by atoms with Crippen molar-refractivity contribution < 1.29 is 9.15 Å². The van der Waals surface area contributed by atoms with Crippen LogP contribution in [0, 0.1) is 0 Å². The smallest absolute Gasteiger partial charge is 0.174 e. The lowest BCUT2D eigenvalue weighted by atomic mass is 10.0. The van der Waals surface area contributed by atoms with E-state index in [0.29, 0.717) is 27.5 Å². The molecule has 2 aromatic carbocycles. The maximum absolute atomic E-state index is 6.45. The summed E-state index contributed by atoms with van der Waals surface area (Å²) < 4.78 is 12.0.